The van der Waals surface area contributed by atoms with E-state index in [0.717, 1.165) is 64.4 Å². The summed E-state index contributed by atoms with van der Waals surface area (Å²) >= 11 is 0.895. The monoisotopic (exact) mass is 553 g/mol. The molecule has 2 saturated heterocycles. The van der Waals surface area contributed by atoms with Gasteiger partial charge >= 0.3 is 5.97 Å². The summed E-state index contributed by atoms with van der Waals surface area (Å²) in [5, 5.41) is 12.4. The number of hydrogen-bond acceptors (Lipinski definition) is 7. The summed E-state index contributed by atoms with van der Waals surface area (Å²) in [7, 11) is 0. The molecule has 0 radical (unpaired) electrons. The highest BCUT2D eigenvalue weighted by Gasteiger charge is 2.36. The number of hydrogen-bond donors (Lipinski definition) is 1. The van der Waals surface area contributed by atoms with Crippen LogP contribution in [0.4, 0.5) is 5.13 Å². The molecule has 7 nitrogen and oxygen atoms in total. The first-order valence-electron chi connectivity index (χ1n) is 13.1. The van der Waals surface area contributed by atoms with Crippen LogP contribution in [0.1, 0.15) is 29.2 Å². The summed E-state index contributed by atoms with van der Waals surface area (Å²) in [5.74, 6) is 1.32. The van der Waals surface area contributed by atoms with Crippen molar-refractivity contribution >= 4 is 33.6 Å². The van der Waals surface area contributed by atoms with E-state index in [4.69, 9.17) is 9.72 Å². The molecule has 202 valence electrons. The predicted molar refractivity (Wildman–Crippen MR) is 153 cm³/mol. The van der Waals surface area contributed by atoms with Crippen LogP contribution in [0.25, 0.3) is 11.3 Å². The predicted octanol–water partition coefficient (Wildman–Crippen LogP) is 4.73. The molecule has 2 aromatic carbocycles. The molecule has 2 unspecified atom stereocenters. The van der Waals surface area contributed by atoms with Gasteiger partial charge in [-0.2, -0.15) is 0 Å². The molecule has 0 saturated carbocycles. The van der Waals surface area contributed by atoms with E-state index in [-0.39, 0.29) is 11.8 Å². The first-order chi connectivity index (χ1) is 18.3. The largest absolute Gasteiger partial charge is 0.616 e. The maximum atomic E-state index is 11.6. The lowest BCUT2D eigenvalue weighted by Crippen LogP contribution is -2.39. The van der Waals surface area contributed by atoms with Crippen LogP contribution in [0.5, 0.6) is 5.75 Å². The Labute approximate surface area is 231 Å². The average Bonchev–Trinajstić information content (AvgIpc) is 3.53. The van der Waals surface area contributed by atoms with Crippen molar-refractivity contribution in [2.45, 2.75) is 33.9 Å². The SMILES string of the molecule is Cc1ccc(OCc2ccc(CN3CC[S+]([O-])CC3)cc2C)c(-c2csc(N3CC(C)C(C(=O)O)C3)n2)c1. The molecule has 9 heteroatoms. The summed E-state index contributed by atoms with van der Waals surface area (Å²) in [6.07, 6.45) is 0. The Morgan fingerprint density at radius 1 is 1.18 bits per heavy atom. The fourth-order valence-electron chi connectivity index (χ4n) is 5.21. The summed E-state index contributed by atoms with van der Waals surface area (Å²) in [4.78, 5) is 20.9. The molecule has 0 amide bonds. The van der Waals surface area contributed by atoms with Crippen molar-refractivity contribution in [3.63, 3.8) is 0 Å². The van der Waals surface area contributed by atoms with E-state index in [9.17, 15) is 14.5 Å². The Kier molecular flexibility index (Phi) is 8.28. The minimum Gasteiger partial charge on any atom is -0.616 e. The molecule has 1 aromatic heterocycles. The second-order valence-corrected chi connectivity index (χ2v) is 13.0. The maximum Gasteiger partial charge on any atom is 0.308 e. The van der Waals surface area contributed by atoms with Gasteiger partial charge in [0.05, 0.1) is 11.6 Å². The minimum atomic E-state index is -0.737. The van der Waals surface area contributed by atoms with Crippen LogP contribution in [-0.4, -0.2) is 63.2 Å². The Morgan fingerprint density at radius 2 is 1.97 bits per heavy atom. The number of carboxylic acids is 1. The van der Waals surface area contributed by atoms with Gasteiger partial charge in [0.15, 0.2) is 5.13 Å². The number of aliphatic carboxylic acids is 1. The van der Waals surface area contributed by atoms with Crippen molar-refractivity contribution in [2.75, 3.05) is 42.6 Å². The Hall–Kier alpha value is -2.59. The second-order valence-electron chi connectivity index (χ2n) is 10.5. The topological polar surface area (TPSA) is 89.0 Å². The molecule has 2 aliphatic rings. The standard InChI is InChI=1S/C29H35N3O4S2/c1-19-4-7-27(24(12-19)26-18-37-29(30-26)32-14-21(3)25(16-32)28(33)34)36-17-23-6-5-22(13-20(23)2)15-31-8-10-38(35)11-9-31/h4-7,12-13,18,21,25H,8-11,14-17H2,1-3H3,(H,33,34). The van der Waals surface area contributed by atoms with Gasteiger partial charge in [0, 0.05) is 43.7 Å². The number of benzene rings is 2. The number of rotatable bonds is 8. The van der Waals surface area contributed by atoms with Gasteiger partial charge in [0.2, 0.25) is 0 Å². The Bertz CT molecular complexity index is 1290. The van der Waals surface area contributed by atoms with Crippen LogP contribution in [-0.2, 0) is 29.1 Å². The molecule has 38 heavy (non-hydrogen) atoms. The van der Waals surface area contributed by atoms with Crippen LogP contribution in [0, 0.1) is 25.7 Å². The average molecular weight is 554 g/mol. The third-order valence-electron chi connectivity index (χ3n) is 7.57. The van der Waals surface area contributed by atoms with Crippen molar-refractivity contribution in [3.05, 3.63) is 64.0 Å². The van der Waals surface area contributed by atoms with Crippen LogP contribution in [0.3, 0.4) is 0 Å². The number of nitrogens with zero attached hydrogens (tertiary/aromatic N) is 3. The zero-order valence-electron chi connectivity index (χ0n) is 22.2. The van der Waals surface area contributed by atoms with Gasteiger partial charge in [-0.3, -0.25) is 9.69 Å². The zero-order chi connectivity index (χ0) is 26.8. The van der Waals surface area contributed by atoms with E-state index in [0.29, 0.717) is 19.7 Å². The Balaban J connectivity index is 1.27. The molecule has 1 N–H and O–H groups in total. The van der Waals surface area contributed by atoms with Crippen molar-refractivity contribution in [1.82, 2.24) is 9.88 Å². The third-order valence-corrected chi connectivity index (χ3v) is 9.75. The molecule has 3 heterocycles. The molecule has 5 rings (SSSR count). The summed E-state index contributed by atoms with van der Waals surface area (Å²) < 4.78 is 18.0. The number of ether oxygens (including phenoxy) is 1. The fourth-order valence-corrected chi connectivity index (χ4v) is 7.19. The second kappa shape index (κ2) is 11.7. The smallest absolute Gasteiger partial charge is 0.308 e. The van der Waals surface area contributed by atoms with Gasteiger partial charge < -0.3 is 19.3 Å². The van der Waals surface area contributed by atoms with E-state index >= 15 is 0 Å². The summed E-state index contributed by atoms with van der Waals surface area (Å²) in [6.45, 7) is 10.5. The minimum absolute atomic E-state index is 0.0951. The third kappa shape index (κ3) is 6.17. The number of aromatic nitrogens is 1. The van der Waals surface area contributed by atoms with Crippen LogP contribution >= 0.6 is 11.3 Å². The van der Waals surface area contributed by atoms with Gasteiger partial charge in [-0.1, -0.05) is 47.9 Å². The van der Waals surface area contributed by atoms with Crippen molar-refractivity contribution in [3.8, 4) is 17.0 Å². The lowest BCUT2D eigenvalue weighted by atomic mass is 9.99. The zero-order valence-corrected chi connectivity index (χ0v) is 23.8. The number of carboxylic acid groups (broad SMARTS) is 1. The highest BCUT2D eigenvalue weighted by molar-refractivity contribution is 7.91. The fraction of sp³-hybridized carbons (Fsp3) is 0.448. The van der Waals surface area contributed by atoms with Gasteiger partial charge in [-0.05, 0) is 48.6 Å². The van der Waals surface area contributed by atoms with E-state index in [2.05, 4.69) is 47.9 Å². The van der Waals surface area contributed by atoms with E-state index in [1.54, 1.807) is 11.3 Å². The molecular formula is C29H35N3O4S2. The lowest BCUT2D eigenvalue weighted by Gasteiger charge is -2.28. The molecule has 2 fully saturated rings. The first kappa shape index (κ1) is 27.0. The van der Waals surface area contributed by atoms with Gasteiger partial charge in [0.25, 0.3) is 0 Å². The summed E-state index contributed by atoms with van der Waals surface area (Å²) in [6, 6.07) is 12.7. The number of thiazole rings is 1. The van der Waals surface area contributed by atoms with Gasteiger partial charge in [0.1, 0.15) is 23.9 Å². The summed E-state index contributed by atoms with van der Waals surface area (Å²) in [5.41, 5.74) is 6.54. The van der Waals surface area contributed by atoms with Crippen LogP contribution in [0.2, 0.25) is 0 Å². The van der Waals surface area contributed by atoms with Crippen molar-refractivity contribution in [1.29, 1.82) is 0 Å². The van der Waals surface area contributed by atoms with Gasteiger partial charge in [-0.15, -0.1) is 11.3 Å². The van der Waals surface area contributed by atoms with Crippen LogP contribution in [0.15, 0.2) is 41.8 Å². The van der Waals surface area contributed by atoms with E-state index in [1.165, 1.54) is 11.1 Å². The van der Waals surface area contributed by atoms with Crippen molar-refractivity contribution < 1.29 is 19.2 Å². The number of anilines is 1. The molecule has 2 atom stereocenters. The number of carbonyl (C=O) groups is 1. The van der Waals surface area contributed by atoms with Gasteiger partial charge in [-0.25, -0.2) is 4.98 Å². The lowest BCUT2D eigenvalue weighted by molar-refractivity contribution is -0.142. The Morgan fingerprint density at radius 3 is 2.68 bits per heavy atom. The van der Waals surface area contributed by atoms with Crippen molar-refractivity contribution in [2.24, 2.45) is 11.8 Å². The normalized spacial score (nSPS) is 20.7. The van der Waals surface area contributed by atoms with Crippen LogP contribution < -0.4 is 9.64 Å². The highest BCUT2D eigenvalue weighted by atomic mass is 32.2. The quantitative estimate of drug-likeness (QED) is 0.404. The van der Waals surface area contributed by atoms with E-state index in [1.807, 2.05) is 24.4 Å². The molecule has 3 aromatic rings. The maximum absolute atomic E-state index is 11.6. The molecule has 2 aliphatic heterocycles. The van der Waals surface area contributed by atoms with E-state index < -0.39 is 17.1 Å². The molecule has 0 spiro atoms. The number of aryl methyl sites for hydroxylation is 2. The molecule has 0 aliphatic carbocycles. The highest BCUT2D eigenvalue weighted by Crippen LogP contribution is 2.37. The molecule has 0 bridgehead atoms. The molecular weight excluding hydrogens is 518 g/mol. The first-order valence-corrected chi connectivity index (χ1v) is 15.5.